The first-order valence-corrected chi connectivity index (χ1v) is 6.18. The highest BCUT2D eigenvalue weighted by Gasteiger charge is 2.32. The van der Waals surface area contributed by atoms with Gasteiger partial charge >= 0.3 is 0 Å². The van der Waals surface area contributed by atoms with E-state index in [1.54, 1.807) is 0 Å². The summed E-state index contributed by atoms with van der Waals surface area (Å²) in [6, 6.07) is 0.556. The first-order valence-electron chi connectivity index (χ1n) is 6.18. The smallest absolute Gasteiger partial charge is 0.0616 e. The zero-order valence-corrected chi connectivity index (χ0v) is 10.4. The van der Waals surface area contributed by atoms with Gasteiger partial charge in [-0.25, -0.2) is 0 Å². The highest BCUT2D eigenvalue weighted by Crippen LogP contribution is 2.29. The molecule has 1 saturated heterocycles. The van der Waals surface area contributed by atoms with Crippen molar-refractivity contribution in [2.24, 2.45) is 5.92 Å². The molecule has 0 aliphatic carbocycles. The molecule has 1 heterocycles. The Bertz CT molecular complexity index is 203. The topological polar surface area (TPSA) is 21.3 Å². The summed E-state index contributed by atoms with van der Waals surface area (Å²) in [7, 11) is 0. The van der Waals surface area contributed by atoms with E-state index in [-0.39, 0.29) is 0 Å². The predicted octanol–water partition coefficient (Wildman–Crippen LogP) is 2.75. The van der Waals surface area contributed by atoms with Crippen molar-refractivity contribution >= 4 is 0 Å². The second-order valence-electron chi connectivity index (χ2n) is 4.60. The third-order valence-corrected chi connectivity index (χ3v) is 3.21. The summed E-state index contributed by atoms with van der Waals surface area (Å²) in [6.07, 6.45) is 3.86. The van der Waals surface area contributed by atoms with Crippen LogP contribution in [0.25, 0.3) is 0 Å². The van der Waals surface area contributed by atoms with Crippen molar-refractivity contribution < 1.29 is 4.74 Å². The van der Waals surface area contributed by atoms with Crippen LogP contribution in [0, 0.1) is 5.92 Å². The Balaban J connectivity index is 2.56. The third-order valence-electron chi connectivity index (χ3n) is 3.21. The van der Waals surface area contributed by atoms with Crippen molar-refractivity contribution in [2.45, 2.75) is 52.2 Å². The van der Waals surface area contributed by atoms with Crippen molar-refractivity contribution in [1.82, 2.24) is 5.32 Å². The van der Waals surface area contributed by atoms with Crippen molar-refractivity contribution in [1.29, 1.82) is 0 Å². The van der Waals surface area contributed by atoms with Gasteiger partial charge in [-0.15, -0.1) is 6.58 Å². The van der Waals surface area contributed by atoms with Gasteiger partial charge in [-0.2, -0.15) is 0 Å². The summed E-state index contributed by atoms with van der Waals surface area (Å²) in [5, 5.41) is 3.58. The van der Waals surface area contributed by atoms with Gasteiger partial charge in [-0.05, 0) is 32.7 Å². The van der Waals surface area contributed by atoms with Crippen LogP contribution < -0.4 is 5.32 Å². The average Bonchev–Trinajstić information content (AvgIpc) is 2.64. The summed E-state index contributed by atoms with van der Waals surface area (Å²) in [4.78, 5) is 0. The second-order valence-corrected chi connectivity index (χ2v) is 4.60. The summed E-state index contributed by atoms with van der Waals surface area (Å²) in [5.74, 6) is 0.673. The SMILES string of the molecule is C=C(C)CC(NCC)C1CCOC1CC. The molecular formula is C13H25NO. The molecule has 88 valence electrons. The lowest BCUT2D eigenvalue weighted by atomic mass is 9.87. The highest BCUT2D eigenvalue weighted by atomic mass is 16.5. The van der Waals surface area contributed by atoms with E-state index in [0.717, 1.165) is 26.0 Å². The van der Waals surface area contributed by atoms with Gasteiger partial charge in [0, 0.05) is 18.6 Å². The molecule has 2 heteroatoms. The molecule has 1 N–H and O–H groups in total. The van der Waals surface area contributed by atoms with Crippen LogP contribution in [0.1, 0.15) is 40.0 Å². The lowest BCUT2D eigenvalue weighted by Crippen LogP contribution is -2.40. The van der Waals surface area contributed by atoms with E-state index >= 15 is 0 Å². The Morgan fingerprint density at radius 1 is 1.53 bits per heavy atom. The van der Waals surface area contributed by atoms with Gasteiger partial charge in [-0.1, -0.05) is 19.4 Å². The molecule has 0 aromatic carbocycles. The molecule has 0 aromatic heterocycles. The fraction of sp³-hybridized carbons (Fsp3) is 0.846. The quantitative estimate of drug-likeness (QED) is 0.682. The Kier molecular flexibility index (Phi) is 5.34. The summed E-state index contributed by atoms with van der Waals surface area (Å²) in [6.45, 7) is 12.5. The van der Waals surface area contributed by atoms with Crippen LogP contribution in [0.2, 0.25) is 0 Å². The number of ether oxygens (including phenoxy) is 1. The van der Waals surface area contributed by atoms with Crippen LogP contribution in [-0.2, 0) is 4.74 Å². The molecule has 0 spiro atoms. The molecule has 1 aliphatic rings. The predicted molar refractivity (Wildman–Crippen MR) is 65.0 cm³/mol. The monoisotopic (exact) mass is 211 g/mol. The van der Waals surface area contributed by atoms with Crippen LogP contribution in [-0.4, -0.2) is 25.3 Å². The molecule has 0 aromatic rings. The molecule has 1 rings (SSSR count). The number of nitrogens with one attached hydrogen (secondary N) is 1. The zero-order chi connectivity index (χ0) is 11.3. The van der Waals surface area contributed by atoms with Gasteiger partial charge in [0.1, 0.15) is 0 Å². The molecule has 3 atom stereocenters. The zero-order valence-electron chi connectivity index (χ0n) is 10.4. The fourth-order valence-corrected chi connectivity index (χ4v) is 2.56. The van der Waals surface area contributed by atoms with E-state index in [4.69, 9.17) is 4.74 Å². The Labute approximate surface area is 94.1 Å². The van der Waals surface area contributed by atoms with Gasteiger partial charge in [0.25, 0.3) is 0 Å². The molecule has 1 aliphatic heterocycles. The van der Waals surface area contributed by atoms with E-state index in [2.05, 4.69) is 32.7 Å². The molecule has 15 heavy (non-hydrogen) atoms. The van der Waals surface area contributed by atoms with Gasteiger partial charge in [-0.3, -0.25) is 0 Å². The standard InChI is InChI=1S/C13H25NO/c1-5-13-11(7-8-15-13)12(14-6-2)9-10(3)4/h11-14H,3,5-9H2,1-2,4H3. The van der Waals surface area contributed by atoms with Gasteiger partial charge < -0.3 is 10.1 Å². The molecule has 3 unspecified atom stereocenters. The number of hydrogen-bond acceptors (Lipinski definition) is 2. The van der Waals surface area contributed by atoms with Crippen LogP contribution in [0.4, 0.5) is 0 Å². The normalized spacial score (nSPS) is 27.9. The lowest BCUT2D eigenvalue weighted by molar-refractivity contribution is 0.0777. The molecule has 0 radical (unpaired) electrons. The maximum Gasteiger partial charge on any atom is 0.0616 e. The van der Waals surface area contributed by atoms with Crippen LogP contribution in [0.15, 0.2) is 12.2 Å². The minimum absolute atomic E-state index is 0.452. The van der Waals surface area contributed by atoms with Gasteiger partial charge in [0.15, 0.2) is 0 Å². The van der Waals surface area contributed by atoms with Crippen molar-refractivity contribution in [3.63, 3.8) is 0 Å². The average molecular weight is 211 g/mol. The van der Waals surface area contributed by atoms with E-state index in [0.29, 0.717) is 18.1 Å². The van der Waals surface area contributed by atoms with Crippen molar-refractivity contribution in [2.75, 3.05) is 13.2 Å². The molecule has 0 saturated carbocycles. The van der Waals surface area contributed by atoms with Crippen molar-refractivity contribution in [3.8, 4) is 0 Å². The molecular weight excluding hydrogens is 186 g/mol. The molecule has 0 bridgehead atoms. The largest absolute Gasteiger partial charge is 0.378 e. The molecule has 2 nitrogen and oxygen atoms in total. The maximum absolute atomic E-state index is 5.75. The number of hydrogen-bond donors (Lipinski definition) is 1. The van der Waals surface area contributed by atoms with Gasteiger partial charge in [0.05, 0.1) is 6.10 Å². The van der Waals surface area contributed by atoms with E-state index in [1.165, 1.54) is 12.0 Å². The molecule has 0 amide bonds. The second kappa shape index (κ2) is 6.29. The minimum atomic E-state index is 0.452. The Morgan fingerprint density at radius 3 is 2.80 bits per heavy atom. The third kappa shape index (κ3) is 3.62. The molecule has 1 fully saturated rings. The fourth-order valence-electron chi connectivity index (χ4n) is 2.56. The minimum Gasteiger partial charge on any atom is -0.378 e. The number of rotatable bonds is 6. The van der Waals surface area contributed by atoms with E-state index in [1.807, 2.05) is 0 Å². The summed E-state index contributed by atoms with van der Waals surface area (Å²) < 4.78 is 5.75. The van der Waals surface area contributed by atoms with Crippen molar-refractivity contribution in [3.05, 3.63) is 12.2 Å². The van der Waals surface area contributed by atoms with Crippen LogP contribution in [0.5, 0.6) is 0 Å². The Morgan fingerprint density at radius 2 is 2.27 bits per heavy atom. The Hall–Kier alpha value is -0.340. The van der Waals surface area contributed by atoms with E-state index < -0.39 is 0 Å². The maximum atomic E-state index is 5.75. The first kappa shape index (κ1) is 12.7. The summed E-state index contributed by atoms with van der Waals surface area (Å²) in [5.41, 5.74) is 1.27. The van der Waals surface area contributed by atoms with Gasteiger partial charge in [0.2, 0.25) is 0 Å². The first-order chi connectivity index (χ1) is 7.19. The van der Waals surface area contributed by atoms with E-state index in [9.17, 15) is 0 Å². The van der Waals surface area contributed by atoms with Crippen LogP contribution in [0.3, 0.4) is 0 Å². The highest BCUT2D eigenvalue weighted by molar-refractivity contribution is 4.97. The lowest BCUT2D eigenvalue weighted by Gasteiger charge is -2.28. The van der Waals surface area contributed by atoms with Crippen LogP contribution >= 0.6 is 0 Å². The summed E-state index contributed by atoms with van der Waals surface area (Å²) >= 11 is 0.